The molecule has 0 fully saturated rings. The molecule has 96 valence electrons. The largest absolute Gasteiger partial charge is 0.393 e. The number of fused-ring (bicyclic) bond motifs is 1. The number of aliphatic hydroxyl groups is 1. The smallest absolute Gasteiger partial charge is 0.0768 e. The quantitative estimate of drug-likeness (QED) is 0.902. The SMILES string of the molecule is Cc1nnc(C(C(C)C)C(C)O)c2ccccc12. The van der Waals surface area contributed by atoms with Gasteiger partial charge in [-0.3, -0.25) is 0 Å². The van der Waals surface area contributed by atoms with Gasteiger partial charge in [0.25, 0.3) is 0 Å². The van der Waals surface area contributed by atoms with Gasteiger partial charge in [-0.25, -0.2) is 0 Å². The van der Waals surface area contributed by atoms with E-state index in [0.717, 1.165) is 22.2 Å². The van der Waals surface area contributed by atoms with Gasteiger partial charge in [-0.05, 0) is 19.8 Å². The van der Waals surface area contributed by atoms with E-state index in [-0.39, 0.29) is 5.92 Å². The van der Waals surface area contributed by atoms with Crippen LogP contribution in [0, 0.1) is 12.8 Å². The summed E-state index contributed by atoms with van der Waals surface area (Å²) in [6.45, 7) is 7.99. The number of aryl methyl sites for hydroxylation is 1. The highest BCUT2D eigenvalue weighted by Gasteiger charge is 2.25. The van der Waals surface area contributed by atoms with Crippen molar-refractivity contribution in [1.82, 2.24) is 10.2 Å². The normalized spacial score (nSPS) is 15.0. The van der Waals surface area contributed by atoms with E-state index < -0.39 is 6.10 Å². The van der Waals surface area contributed by atoms with Crippen LogP contribution < -0.4 is 0 Å². The average Bonchev–Trinajstić information content (AvgIpc) is 2.32. The Balaban J connectivity index is 2.67. The molecule has 18 heavy (non-hydrogen) atoms. The molecule has 0 bridgehead atoms. The van der Waals surface area contributed by atoms with Crippen LogP contribution in [0.15, 0.2) is 24.3 Å². The summed E-state index contributed by atoms with van der Waals surface area (Å²) in [6.07, 6.45) is -0.426. The summed E-state index contributed by atoms with van der Waals surface area (Å²) in [5.41, 5.74) is 1.84. The molecule has 0 spiro atoms. The maximum absolute atomic E-state index is 10.00. The molecular formula is C15H20N2O. The summed E-state index contributed by atoms with van der Waals surface area (Å²) >= 11 is 0. The third kappa shape index (κ3) is 2.23. The van der Waals surface area contributed by atoms with Gasteiger partial charge in [-0.15, -0.1) is 0 Å². The summed E-state index contributed by atoms with van der Waals surface area (Å²) in [7, 11) is 0. The fourth-order valence-electron chi connectivity index (χ4n) is 2.61. The van der Waals surface area contributed by atoms with E-state index in [1.807, 2.05) is 26.0 Å². The Morgan fingerprint density at radius 3 is 2.17 bits per heavy atom. The van der Waals surface area contributed by atoms with E-state index in [2.05, 4.69) is 36.2 Å². The molecule has 1 aromatic heterocycles. The Morgan fingerprint density at radius 2 is 1.61 bits per heavy atom. The van der Waals surface area contributed by atoms with Gasteiger partial charge in [0.15, 0.2) is 0 Å². The number of hydrogen-bond acceptors (Lipinski definition) is 3. The lowest BCUT2D eigenvalue weighted by Crippen LogP contribution is -2.22. The Labute approximate surface area is 108 Å². The summed E-state index contributed by atoms with van der Waals surface area (Å²) < 4.78 is 0. The maximum Gasteiger partial charge on any atom is 0.0768 e. The summed E-state index contributed by atoms with van der Waals surface area (Å²) in [4.78, 5) is 0. The van der Waals surface area contributed by atoms with E-state index in [1.165, 1.54) is 0 Å². The van der Waals surface area contributed by atoms with Crippen molar-refractivity contribution in [3.8, 4) is 0 Å². The lowest BCUT2D eigenvalue weighted by Gasteiger charge is -2.24. The van der Waals surface area contributed by atoms with Crippen LogP contribution in [0.5, 0.6) is 0 Å². The molecular weight excluding hydrogens is 224 g/mol. The van der Waals surface area contributed by atoms with Crippen molar-refractivity contribution in [2.45, 2.75) is 39.7 Å². The molecule has 0 saturated carbocycles. The number of hydrogen-bond donors (Lipinski definition) is 1. The van der Waals surface area contributed by atoms with Crippen LogP contribution in [0.1, 0.15) is 38.1 Å². The standard InChI is InChI=1S/C15H20N2O/c1-9(2)14(11(4)18)15-13-8-6-5-7-12(13)10(3)16-17-15/h5-9,11,14,18H,1-4H3. The van der Waals surface area contributed by atoms with Gasteiger partial charge >= 0.3 is 0 Å². The van der Waals surface area contributed by atoms with Crippen molar-refractivity contribution in [3.63, 3.8) is 0 Å². The molecule has 0 radical (unpaired) electrons. The summed E-state index contributed by atoms with van der Waals surface area (Å²) in [5, 5.41) is 20.8. The average molecular weight is 244 g/mol. The number of benzene rings is 1. The minimum absolute atomic E-state index is 0.0167. The van der Waals surface area contributed by atoms with Crippen molar-refractivity contribution in [3.05, 3.63) is 35.7 Å². The van der Waals surface area contributed by atoms with E-state index >= 15 is 0 Å². The molecule has 3 heteroatoms. The molecule has 1 N–H and O–H groups in total. The molecule has 2 atom stereocenters. The lowest BCUT2D eigenvalue weighted by atomic mass is 9.85. The first-order valence-electron chi connectivity index (χ1n) is 6.42. The van der Waals surface area contributed by atoms with E-state index in [9.17, 15) is 5.11 Å². The molecule has 0 amide bonds. The molecule has 2 aromatic rings. The molecule has 0 aliphatic carbocycles. The highest BCUT2D eigenvalue weighted by Crippen LogP contribution is 2.31. The van der Waals surface area contributed by atoms with Gasteiger partial charge in [-0.2, -0.15) is 10.2 Å². The van der Waals surface area contributed by atoms with Crippen LogP contribution in [0.3, 0.4) is 0 Å². The zero-order valence-electron chi connectivity index (χ0n) is 11.4. The van der Waals surface area contributed by atoms with Crippen LogP contribution in [0.25, 0.3) is 10.8 Å². The molecule has 3 nitrogen and oxygen atoms in total. The monoisotopic (exact) mass is 244 g/mol. The van der Waals surface area contributed by atoms with Crippen molar-refractivity contribution in [1.29, 1.82) is 0 Å². The van der Waals surface area contributed by atoms with E-state index in [4.69, 9.17) is 0 Å². The summed E-state index contributed by atoms with van der Waals surface area (Å²) in [6, 6.07) is 8.13. The highest BCUT2D eigenvalue weighted by atomic mass is 16.3. The maximum atomic E-state index is 10.00. The van der Waals surface area contributed by atoms with Gasteiger partial charge in [0.1, 0.15) is 0 Å². The van der Waals surface area contributed by atoms with Crippen LogP contribution in [-0.2, 0) is 0 Å². The molecule has 0 aliphatic heterocycles. The Bertz CT molecular complexity index is 541. The van der Waals surface area contributed by atoms with Crippen LogP contribution in [0.4, 0.5) is 0 Å². The molecule has 2 rings (SSSR count). The lowest BCUT2D eigenvalue weighted by molar-refractivity contribution is 0.138. The van der Waals surface area contributed by atoms with Gasteiger partial charge in [0.2, 0.25) is 0 Å². The zero-order chi connectivity index (χ0) is 13.3. The number of rotatable bonds is 3. The van der Waals surface area contributed by atoms with Gasteiger partial charge in [0, 0.05) is 16.7 Å². The van der Waals surface area contributed by atoms with Gasteiger partial charge < -0.3 is 5.11 Å². The molecule has 0 aliphatic rings. The van der Waals surface area contributed by atoms with Crippen LogP contribution >= 0.6 is 0 Å². The molecule has 1 heterocycles. The number of aromatic nitrogens is 2. The van der Waals surface area contributed by atoms with E-state index in [0.29, 0.717) is 5.92 Å². The zero-order valence-corrected chi connectivity index (χ0v) is 11.4. The predicted molar refractivity (Wildman–Crippen MR) is 73.5 cm³/mol. The molecule has 1 aromatic carbocycles. The van der Waals surface area contributed by atoms with Crippen LogP contribution in [-0.4, -0.2) is 21.4 Å². The third-order valence-electron chi connectivity index (χ3n) is 3.45. The Hall–Kier alpha value is -1.48. The van der Waals surface area contributed by atoms with Crippen LogP contribution in [0.2, 0.25) is 0 Å². The first-order chi connectivity index (χ1) is 8.52. The topological polar surface area (TPSA) is 46.0 Å². The Kier molecular flexibility index (Phi) is 3.62. The van der Waals surface area contributed by atoms with Crippen molar-refractivity contribution in [2.75, 3.05) is 0 Å². The first kappa shape index (κ1) is 13.0. The van der Waals surface area contributed by atoms with Gasteiger partial charge in [-0.1, -0.05) is 38.1 Å². The second kappa shape index (κ2) is 5.02. The Morgan fingerprint density at radius 1 is 1.00 bits per heavy atom. The van der Waals surface area contributed by atoms with Crippen molar-refractivity contribution in [2.24, 2.45) is 5.92 Å². The fourth-order valence-corrected chi connectivity index (χ4v) is 2.61. The number of aliphatic hydroxyl groups excluding tert-OH is 1. The molecule has 2 unspecified atom stereocenters. The summed E-state index contributed by atoms with van der Waals surface area (Å²) in [5.74, 6) is 0.341. The number of nitrogens with zero attached hydrogens (tertiary/aromatic N) is 2. The van der Waals surface area contributed by atoms with E-state index in [1.54, 1.807) is 0 Å². The third-order valence-corrected chi connectivity index (χ3v) is 3.45. The fraction of sp³-hybridized carbons (Fsp3) is 0.467. The van der Waals surface area contributed by atoms with Crippen molar-refractivity contribution < 1.29 is 5.11 Å². The molecule has 0 saturated heterocycles. The highest BCUT2D eigenvalue weighted by molar-refractivity contribution is 5.86. The minimum atomic E-state index is -0.426. The van der Waals surface area contributed by atoms with Crippen molar-refractivity contribution >= 4 is 10.8 Å². The second-order valence-electron chi connectivity index (χ2n) is 5.23. The minimum Gasteiger partial charge on any atom is -0.393 e. The predicted octanol–water partition coefficient (Wildman–Crippen LogP) is 3.06. The van der Waals surface area contributed by atoms with Gasteiger partial charge in [0.05, 0.1) is 17.5 Å². The second-order valence-corrected chi connectivity index (χ2v) is 5.23. The first-order valence-corrected chi connectivity index (χ1v) is 6.42.